The van der Waals surface area contributed by atoms with Crippen molar-refractivity contribution in [1.29, 1.82) is 0 Å². The van der Waals surface area contributed by atoms with Gasteiger partial charge in [-0.25, -0.2) is 4.39 Å². The second-order valence-electron chi connectivity index (χ2n) is 4.16. The van der Waals surface area contributed by atoms with E-state index in [4.69, 9.17) is 5.73 Å². The summed E-state index contributed by atoms with van der Waals surface area (Å²) in [6.45, 7) is 2.58. The normalized spacial score (nSPS) is 24.8. The third-order valence-corrected chi connectivity index (χ3v) is 2.57. The molecule has 0 fully saturated rings. The largest absolute Gasteiger partial charge is 0.370 e. The minimum atomic E-state index is -0.258. The SMILES string of the molecule is CC1(Cc2ccccc2F)CN=C(N)N1. The van der Waals surface area contributed by atoms with Gasteiger partial charge in [-0.15, -0.1) is 0 Å². The molecule has 0 spiro atoms. The highest BCUT2D eigenvalue weighted by Crippen LogP contribution is 2.18. The maximum atomic E-state index is 13.4. The molecule has 0 radical (unpaired) electrons. The van der Waals surface area contributed by atoms with Gasteiger partial charge in [-0.05, 0) is 25.0 Å². The molecule has 2 rings (SSSR count). The molecular weight excluding hydrogens is 193 g/mol. The first kappa shape index (κ1) is 9.96. The topological polar surface area (TPSA) is 50.4 Å². The maximum Gasteiger partial charge on any atom is 0.189 e. The zero-order valence-corrected chi connectivity index (χ0v) is 8.63. The van der Waals surface area contributed by atoms with Crippen LogP contribution in [0.1, 0.15) is 12.5 Å². The molecule has 0 aromatic heterocycles. The van der Waals surface area contributed by atoms with Crippen molar-refractivity contribution in [1.82, 2.24) is 5.32 Å². The first-order valence-electron chi connectivity index (χ1n) is 4.91. The second kappa shape index (κ2) is 3.53. The molecule has 0 amide bonds. The van der Waals surface area contributed by atoms with Crippen LogP contribution >= 0.6 is 0 Å². The van der Waals surface area contributed by atoms with Crippen molar-refractivity contribution in [3.05, 3.63) is 35.6 Å². The summed E-state index contributed by atoms with van der Waals surface area (Å²) in [5, 5.41) is 3.07. The molecule has 15 heavy (non-hydrogen) atoms. The number of hydrogen-bond acceptors (Lipinski definition) is 3. The maximum absolute atomic E-state index is 13.4. The van der Waals surface area contributed by atoms with E-state index in [1.54, 1.807) is 12.1 Å². The van der Waals surface area contributed by atoms with Gasteiger partial charge in [-0.2, -0.15) is 0 Å². The molecule has 4 heteroatoms. The summed E-state index contributed by atoms with van der Waals surface area (Å²) in [5.41, 5.74) is 5.98. The lowest BCUT2D eigenvalue weighted by atomic mass is 9.93. The fraction of sp³-hybridized carbons (Fsp3) is 0.364. The van der Waals surface area contributed by atoms with Crippen LogP contribution in [0.3, 0.4) is 0 Å². The molecule has 1 aliphatic heterocycles. The molecule has 1 aromatic rings. The van der Waals surface area contributed by atoms with E-state index in [0.29, 0.717) is 24.5 Å². The Morgan fingerprint density at radius 1 is 1.53 bits per heavy atom. The summed E-state index contributed by atoms with van der Waals surface area (Å²) in [6, 6.07) is 6.78. The van der Waals surface area contributed by atoms with Crippen LogP contribution in [0.4, 0.5) is 4.39 Å². The lowest BCUT2D eigenvalue weighted by Gasteiger charge is -2.24. The number of nitrogens with zero attached hydrogens (tertiary/aromatic N) is 1. The van der Waals surface area contributed by atoms with Gasteiger partial charge in [-0.3, -0.25) is 4.99 Å². The molecule has 3 N–H and O–H groups in total. The molecule has 1 aliphatic rings. The molecule has 0 bridgehead atoms. The zero-order chi connectivity index (χ0) is 10.9. The molecule has 0 saturated carbocycles. The molecule has 1 unspecified atom stereocenters. The number of hydrogen-bond donors (Lipinski definition) is 2. The van der Waals surface area contributed by atoms with E-state index in [1.165, 1.54) is 6.07 Å². The Labute approximate surface area is 88.2 Å². The Hall–Kier alpha value is -1.58. The van der Waals surface area contributed by atoms with Crippen molar-refractivity contribution in [2.24, 2.45) is 10.7 Å². The number of nitrogens with two attached hydrogens (primary N) is 1. The van der Waals surface area contributed by atoms with E-state index in [0.717, 1.165) is 0 Å². The third kappa shape index (κ3) is 2.09. The highest BCUT2D eigenvalue weighted by Gasteiger charge is 2.30. The fourth-order valence-corrected chi connectivity index (χ4v) is 1.81. The Kier molecular flexibility index (Phi) is 2.34. The number of rotatable bonds is 2. The molecular formula is C11H14FN3. The molecule has 1 heterocycles. The number of halogens is 1. The van der Waals surface area contributed by atoms with Crippen molar-refractivity contribution >= 4 is 5.96 Å². The van der Waals surface area contributed by atoms with Gasteiger partial charge in [0.05, 0.1) is 12.1 Å². The number of guanidine groups is 1. The summed E-state index contributed by atoms with van der Waals surface area (Å²) < 4.78 is 13.4. The number of aliphatic imine (C=N–C) groups is 1. The minimum absolute atomic E-state index is 0.175. The number of nitrogens with one attached hydrogen (secondary N) is 1. The molecule has 3 nitrogen and oxygen atoms in total. The first-order valence-corrected chi connectivity index (χ1v) is 4.91. The molecule has 0 saturated heterocycles. The summed E-state index contributed by atoms with van der Waals surface area (Å²) >= 11 is 0. The second-order valence-corrected chi connectivity index (χ2v) is 4.16. The van der Waals surface area contributed by atoms with Crippen LogP contribution in [0, 0.1) is 5.82 Å². The predicted octanol–water partition coefficient (Wildman–Crippen LogP) is 1.04. The monoisotopic (exact) mass is 207 g/mol. The molecule has 0 aliphatic carbocycles. The highest BCUT2D eigenvalue weighted by molar-refractivity contribution is 5.80. The van der Waals surface area contributed by atoms with Crippen LogP contribution in [-0.4, -0.2) is 18.0 Å². The van der Waals surface area contributed by atoms with Gasteiger partial charge in [-0.1, -0.05) is 18.2 Å². The van der Waals surface area contributed by atoms with E-state index in [2.05, 4.69) is 10.3 Å². The lowest BCUT2D eigenvalue weighted by molar-refractivity contribution is 0.442. The van der Waals surface area contributed by atoms with E-state index in [9.17, 15) is 4.39 Å². The van der Waals surface area contributed by atoms with Gasteiger partial charge >= 0.3 is 0 Å². The van der Waals surface area contributed by atoms with Crippen LogP contribution in [0.25, 0.3) is 0 Å². The Morgan fingerprint density at radius 3 is 2.87 bits per heavy atom. The van der Waals surface area contributed by atoms with Crippen LogP contribution in [0.15, 0.2) is 29.3 Å². The molecule has 1 aromatic carbocycles. The van der Waals surface area contributed by atoms with Gasteiger partial charge in [0, 0.05) is 0 Å². The predicted molar refractivity (Wildman–Crippen MR) is 58.1 cm³/mol. The zero-order valence-electron chi connectivity index (χ0n) is 8.63. The average molecular weight is 207 g/mol. The van der Waals surface area contributed by atoms with Gasteiger partial charge in [0.2, 0.25) is 0 Å². The van der Waals surface area contributed by atoms with E-state index in [-0.39, 0.29) is 11.4 Å². The summed E-state index contributed by atoms with van der Waals surface area (Å²) in [7, 11) is 0. The minimum Gasteiger partial charge on any atom is -0.370 e. The Bertz CT molecular complexity index is 403. The fourth-order valence-electron chi connectivity index (χ4n) is 1.81. The van der Waals surface area contributed by atoms with Gasteiger partial charge < -0.3 is 11.1 Å². The number of benzene rings is 1. The van der Waals surface area contributed by atoms with E-state index < -0.39 is 0 Å². The van der Waals surface area contributed by atoms with Crippen LogP contribution in [-0.2, 0) is 6.42 Å². The van der Waals surface area contributed by atoms with Crippen molar-refractivity contribution in [2.45, 2.75) is 18.9 Å². The summed E-state index contributed by atoms with van der Waals surface area (Å²) in [4.78, 5) is 4.08. The lowest BCUT2D eigenvalue weighted by Crippen LogP contribution is -2.47. The third-order valence-electron chi connectivity index (χ3n) is 2.57. The smallest absolute Gasteiger partial charge is 0.189 e. The van der Waals surface area contributed by atoms with Gasteiger partial charge in [0.1, 0.15) is 5.82 Å². The Balaban J connectivity index is 2.13. The Morgan fingerprint density at radius 2 is 2.27 bits per heavy atom. The average Bonchev–Trinajstić information content (AvgIpc) is 2.51. The highest BCUT2D eigenvalue weighted by atomic mass is 19.1. The van der Waals surface area contributed by atoms with Crippen LogP contribution < -0.4 is 11.1 Å². The molecule has 80 valence electrons. The van der Waals surface area contributed by atoms with E-state index in [1.807, 2.05) is 13.0 Å². The van der Waals surface area contributed by atoms with Crippen molar-refractivity contribution in [2.75, 3.05) is 6.54 Å². The van der Waals surface area contributed by atoms with Gasteiger partial charge in [0.15, 0.2) is 5.96 Å². The van der Waals surface area contributed by atoms with Crippen LogP contribution in [0.2, 0.25) is 0 Å². The van der Waals surface area contributed by atoms with Gasteiger partial charge in [0.25, 0.3) is 0 Å². The summed E-state index contributed by atoms with van der Waals surface area (Å²) in [5.74, 6) is 0.264. The van der Waals surface area contributed by atoms with E-state index >= 15 is 0 Å². The van der Waals surface area contributed by atoms with Crippen molar-refractivity contribution in [3.8, 4) is 0 Å². The summed E-state index contributed by atoms with van der Waals surface area (Å²) in [6.07, 6.45) is 0.587. The van der Waals surface area contributed by atoms with Crippen molar-refractivity contribution in [3.63, 3.8) is 0 Å². The molecule has 1 atom stereocenters. The van der Waals surface area contributed by atoms with Crippen LogP contribution in [0.5, 0.6) is 0 Å². The first-order chi connectivity index (χ1) is 7.09. The van der Waals surface area contributed by atoms with Crippen molar-refractivity contribution < 1.29 is 4.39 Å². The quantitative estimate of drug-likeness (QED) is 0.761. The standard InChI is InChI=1S/C11H14FN3/c1-11(7-14-10(13)15-11)6-8-4-2-3-5-9(8)12/h2-5H,6-7H2,1H3,(H3,13,14,15).